The van der Waals surface area contributed by atoms with Gasteiger partial charge in [-0.3, -0.25) is 0 Å². The maximum atomic E-state index is 12.7. The van der Waals surface area contributed by atoms with Gasteiger partial charge in [0.1, 0.15) is 10.7 Å². The first kappa shape index (κ1) is 18.7. The Morgan fingerprint density at radius 2 is 2.00 bits per heavy atom. The molecular weight excluding hydrogens is 356 g/mol. The summed E-state index contributed by atoms with van der Waals surface area (Å²) < 4.78 is 32.6. The van der Waals surface area contributed by atoms with E-state index in [4.69, 9.17) is 4.42 Å². The molecule has 0 radical (unpaired) electrons. The predicted octanol–water partition coefficient (Wildman–Crippen LogP) is 3.35. The Morgan fingerprint density at radius 3 is 2.52 bits per heavy atom. The molecule has 0 atom stereocenters. The van der Waals surface area contributed by atoms with Crippen molar-refractivity contribution in [3.63, 3.8) is 0 Å². The molecule has 1 heterocycles. The number of rotatable bonds is 8. The molecule has 1 N–H and O–H groups in total. The predicted molar refractivity (Wildman–Crippen MR) is 87.7 cm³/mol. The van der Waals surface area contributed by atoms with Crippen molar-refractivity contribution >= 4 is 26.0 Å². The van der Waals surface area contributed by atoms with Gasteiger partial charge in [0.05, 0.1) is 6.54 Å². The zero-order valence-electron chi connectivity index (χ0n) is 13.4. The van der Waals surface area contributed by atoms with Gasteiger partial charge < -0.3 is 9.73 Å². The molecule has 0 amide bonds. The number of nitrogens with zero attached hydrogens (tertiary/aromatic N) is 1. The van der Waals surface area contributed by atoms with Crippen molar-refractivity contribution in [1.29, 1.82) is 0 Å². The second-order valence-electron chi connectivity index (χ2n) is 5.67. The first-order valence-electron chi connectivity index (χ1n) is 7.14. The molecule has 1 rings (SSSR count). The maximum absolute atomic E-state index is 12.7. The summed E-state index contributed by atoms with van der Waals surface area (Å²) in [6, 6.07) is 1.59. The van der Waals surface area contributed by atoms with E-state index in [1.165, 1.54) is 4.31 Å². The lowest BCUT2D eigenvalue weighted by Crippen LogP contribution is -2.44. The summed E-state index contributed by atoms with van der Waals surface area (Å²) in [5.41, 5.74) is -0.448. The van der Waals surface area contributed by atoms with Crippen LogP contribution in [0.15, 0.2) is 20.0 Å². The average Bonchev–Trinajstić information content (AvgIpc) is 2.80. The number of nitrogens with one attached hydrogen (secondary N) is 1. The summed E-state index contributed by atoms with van der Waals surface area (Å²) in [4.78, 5) is 0.180. The van der Waals surface area contributed by atoms with E-state index in [9.17, 15) is 8.42 Å². The van der Waals surface area contributed by atoms with Crippen LogP contribution in [0.25, 0.3) is 0 Å². The van der Waals surface area contributed by atoms with Gasteiger partial charge in [0, 0.05) is 18.7 Å². The van der Waals surface area contributed by atoms with E-state index in [1.807, 2.05) is 20.8 Å². The highest BCUT2D eigenvalue weighted by atomic mass is 79.9. The van der Waals surface area contributed by atoms with Gasteiger partial charge in [0.15, 0.2) is 4.67 Å². The minimum absolute atomic E-state index is 0.180. The highest BCUT2D eigenvalue weighted by Crippen LogP contribution is 2.32. The van der Waals surface area contributed by atoms with Crippen LogP contribution in [0.3, 0.4) is 0 Å². The molecule has 0 saturated carbocycles. The smallest absolute Gasteiger partial charge is 0.247 e. The van der Waals surface area contributed by atoms with Gasteiger partial charge >= 0.3 is 0 Å². The molecule has 1 aromatic heterocycles. The van der Waals surface area contributed by atoms with E-state index in [0.29, 0.717) is 12.3 Å². The van der Waals surface area contributed by atoms with E-state index in [-0.39, 0.29) is 9.56 Å². The third-order valence-electron chi connectivity index (χ3n) is 3.79. The monoisotopic (exact) mass is 380 g/mol. The van der Waals surface area contributed by atoms with E-state index in [0.717, 1.165) is 19.4 Å². The Balaban J connectivity index is 3.04. The molecule has 0 aromatic carbocycles. The highest BCUT2D eigenvalue weighted by molar-refractivity contribution is 9.10. The first-order valence-corrected chi connectivity index (χ1v) is 9.38. The summed E-state index contributed by atoms with van der Waals surface area (Å²) in [5.74, 6) is 0.608. The number of hydrogen-bond donors (Lipinski definition) is 1. The van der Waals surface area contributed by atoms with Gasteiger partial charge in [-0.05, 0) is 49.2 Å². The van der Waals surface area contributed by atoms with Crippen molar-refractivity contribution < 1.29 is 12.8 Å². The SMILES string of the molecule is CCCNCc1cc(S(=O)(=O)N(C)C(C)(C)CC)c(Br)o1. The van der Waals surface area contributed by atoms with Crippen molar-refractivity contribution in [2.24, 2.45) is 0 Å². The summed E-state index contributed by atoms with van der Waals surface area (Å²) in [5, 5.41) is 3.19. The Bertz CT molecular complexity index is 567. The van der Waals surface area contributed by atoms with Crippen LogP contribution in [0.5, 0.6) is 0 Å². The fourth-order valence-corrected chi connectivity index (χ4v) is 4.28. The molecule has 5 nitrogen and oxygen atoms in total. The van der Waals surface area contributed by atoms with Crippen LogP contribution in [0.1, 0.15) is 46.3 Å². The van der Waals surface area contributed by atoms with E-state index in [1.54, 1.807) is 13.1 Å². The lowest BCUT2D eigenvalue weighted by Gasteiger charge is -2.33. The van der Waals surface area contributed by atoms with Crippen LogP contribution >= 0.6 is 15.9 Å². The van der Waals surface area contributed by atoms with Gasteiger partial charge in [0.2, 0.25) is 10.0 Å². The molecule has 122 valence electrons. The third kappa shape index (κ3) is 4.31. The molecule has 0 spiro atoms. The highest BCUT2D eigenvalue weighted by Gasteiger charge is 2.35. The fraction of sp³-hybridized carbons (Fsp3) is 0.714. The molecule has 0 aliphatic carbocycles. The number of furan rings is 1. The Hall–Kier alpha value is -0.370. The maximum Gasteiger partial charge on any atom is 0.247 e. The Labute approximate surface area is 136 Å². The fourth-order valence-electron chi connectivity index (χ4n) is 1.74. The summed E-state index contributed by atoms with van der Waals surface area (Å²) >= 11 is 3.22. The second kappa shape index (κ2) is 7.26. The molecule has 7 heteroatoms. The lowest BCUT2D eigenvalue weighted by molar-refractivity contribution is 0.257. The van der Waals surface area contributed by atoms with Crippen LogP contribution in [-0.2, 0) is 16.6 Å². The summed E-state index contributed by atoms with van der Waals surface area (Å²) in [7, 11) is -1.98. The van der Waals surface area contributed by atoms with E-state index < -0.39 is 15.6 Å². The van der Waals surface area contributed by atoms with Crippen molar-refractivity contribution in [1.82, 2.24) is 9.62 Å². The topological polar surface area (TPSA) is 62.6 Å². The number of halogens is 1. The van der Waals surface area contributed by atoms with Gasteiger partial charge in [-0.1, -0.05) is 13.8 Å². The normalized spacial score (nSPS) is 13.1. The Morgan fingerprint density at radius 1 is 1.38 bits per heavy atom. The van der Waals surface area contributed by atoms with Gasteiger partial charge in [-0.15, -0.1) is 0 Å². The molecule has 0 aliphatic rings. The van der Waals surface area contributed by atoms with Crippen LogP contribution in [0.2, 0.25) is 0 Å². The standard InChI is InChI=1S/C14H25BrN2O3S/c1-6-8-16-10-11-9-12(13(15)20-11)21(18,19)17(5)14(3,4)7-2/h9,16H,6-8,10H2,1-5H3. The summed E-state index contributed by atoms with van der Waals surface area (Å²) in [6.07, 6.45) is 1.74. The molecular formula is C14H25BrN2O3S. The molecule has 0 fully saturated rings. The molecule has 1 aromatic rings. The van der Waals surface area contributed by atoms with Crippen molar-refractivity contribution in [3.8, 4) is 0 Å². The second-order valence-corrected chi connectivity index (χ2v) is 8.32. The van der Waals surface area contributed by atoms with E-state index in [2.05, 4.69) is 28.2 Å². The minimum Gasteiger partial charge on any atom is -0.452 e. The molecule has 0 saturated heterocycles. The third-order valence-corrected chi connectivity index (χ3v) is 6.71. The number of sulfonamides is 1. The van der Waals surface area contributed by atoms with E-state index >= 15 is 0 Å². The zero-order valence-corrected chi connectivity index (χ0v) is 15.8. The first-order chi connectivity index (χ1) is 9.66. The largest absolute Gasteiger partial charge is 0.452 e. The van der Waals surface area contributed by atoms with Crippen LogP contribution in [0, 0.1) is 0 Å². The van der Waals surface area contributed by atoms with Crippen molar-refractivity contribution in [2.45, 2.75) is 57.5 Å². The van der Waals surface area contributed by atoms with Crippen LogP contribution in [0.4, 0.5) is 0 Å². The minimum atomic E-state index is -3.58. The van der Waals surface area contributed by atoms with Crippen molar-refractivity contribution in [2.75, 3.05) is 13.6 Å². The summed E-state index contributed by atoms with van der Waals surface area (Å²) in [6.45, 7) is 9.23. The zero-order chi connectivity index (χ0) is 16.3. The Kier molecular flexibility index (Phi) is 6.46. The molecule has 0 aliphatic heterocycles. The molecule has 0 unspecified atom stereocenters. The van der Waals surface area contributed by atoms with Crippen LogP contribution in [-0.4, -0.2) is 31.9 Å². The quantitative estimate of drug-likeness (QED) is 0.702. The van der Waals surface area contributed by atoms with Crippen molar-refractivity contribution in [3.05, 3.63) is 16.5 Å². The molecule has 21 heavy (non-hydrogen) atoms. The van der Waals surface area contributed by atoms with Gasteiger partial charge in [0.25, 0.3) is 0 Å². The average molecular weight is 381 g/mol. The number of hydrogen-bond acceptors (Lipinski definition) is 4. The molecule has 0 bridgehead atoms. The van der Waals surface area contributed by atoms with Crippen LogP contribution < -0.4 is 5.32 Å². The van der Waals surface area contributed by atoms with Gasteiger partial charge in [-0.2, -0.15) is 4.31 Å². The lowest BCUT2D eigenvalue weighted by atomic mass is 10.0. The van der Waals surface area contributed by atoms with Gasteiger partial charge in [-0.25, -0.2) is 8.42 Å².